The van der Waals surface area contributed by atoms with E-state index in [1.54, 1.807) is 24.3 Å². The molecule has 2 heterocycles. The molecule has 1 aliphatic rings. The molecule has 9 heteroatoms. The van der Waals surface area contributed by atoms with E-state index in [2.05, 4.69) is 20.9 Å². The van der Waals surface area contributed by atoms with Crippen LogP contribution in [0.25, 0.3) is 0 Å². The molecule has 1 aliphatic heterocycles. The summed E-state index contributed by atoms with van der Waals surface area (Å²) in [6, 6.07) is 6.47. The van der Waals surface area contributed by atoms with Gasteiger partial charge in [-0.15, -0.1) is 0 Å². The van der Waals surface area contributed by atoms with E-state index in [0.29, 0.717) is 6.42 Å². The second-order valence-electron chi connectivity index (χ2n) is 5.71. The first kappa shape index (κ1) is 17.7. The largest absolute Gasteiger partial charge is 0.394 e. The van der Waals surface area contributed by atoms with Gasteiger partial charge in [0.2, 0.25) is 11.5 Å². The molecule has 3 N–H and O–H groups in total. The van der Waals surface area contributed by atoms with Crippen molar-refractivity contribution in [2.75, 3.05) is 12.3 Å². The first-order valence-corrected chi connectivity index (χ1v) is 8.31. The van der Waals surface area contributed by atoms with Crippen LogP contribution in [0.2, 0.25) is 0 Å². The van der Waals surface area contributed by atoms with Crippen molar-refractivity contribution in [2.24, 2.45) is 0 Å². The second kappa shape index (κ2) is 6.66. The molecule has 132 valence electrons. The van der Waals surface area contributed by atoms with Crippen molar-refractivity contribution < 1.29 is 19.0 Å². The van der Waals surface area contributed by atoms with Gasteiger partial charge in [-0.2, -0.15) is 4.98 Å². The van der Waals surface area contributed by atoms with Crippen molar-refractivity contribution >= 4 is 27.5 Å². The Balaban J connectivity index is 2.15. The predicted molar refractivity (Wildman–Crippen MR) is 90.5 cm³/mol. The number of aliphatic hydroxyl groups is 1. The summed E-state index contributed by atoms with van der Waals surface area (Å²) in [4.78, 5) is 28.8. The number of aliphatic hydroxyl groups excluding tert-OH is 1. The molecule has 2 aromatic rings. The maximum absolute atomic E-state index is 13.9. The molecule has 1 aromatic carbocycles. The van der Waals surface area contributed by atoms with Gasteiger partial charge in [-0.25, -0.2) is 9.18 Å². The fourth-order valence-electron chi connectivity index (χ4n) is 2.86. The molecule has 2 atom stereocenters. The van der Waals surface area contributed by atoms with E-state index < -0.39 is 34.9 Å². The summed E-state index contributed by atoms with van der Waals surface area (Å²) in [5.41, 5.74) is 2.92. The van der Waals surface area contributed by atoms with Crippen LogP contribution >= 0.6 is 15.9 Å². The van der Waals surface area contributed by atoms with Crippen molar-refractivity contribution in [3.8, 4) is 0 Å². The Morgan fingerprint density at radius 1 is 1.48 bits per heavy atom. The molecule has 1 fully saturated rings. The van der Waals surface area contributed by atoms with Crippen LogP contribution in [0.1, 0.15) is 23.2 Å². The van der Waals surface area contributed by atoms with E-state index in [9.17, 15) is 19.1 Å². The molecular weight excluding hydrogens is 397 g/mol. The number of carbonyl (C=O) groups excluding carboxylic acids is 1. The highest BCUT2D eigenvalue weighted by atomic mass is 79.9. The molecule has 0 unspecified atom stereocenters. The molecule has 0 saturated carbocycles. The number of hydrogen-bond donors (Lipinski definition) is 2. The van der Waals surface area contributed by atoms with Gasteiger partial charge in [0.25, 0.3) is 0 Å². The van der Waals surface area contributed by atoms with Crippen LogP contribution in [0, 0.1) is 5.82 Å². The van der Waals surface area contributed by atoms with E-state index in [0.717, 1.165) is 15.2 Å². The van der Waals surface area contributed by atoms with E-state index in [4.69, 9.17) is 10.5 Å². The number of nitrogens with two attached hydrogens (primary N) is 1. The Bertz CT molecular complexity index is 871. The first-order valence-electron chi connectivity index (χ1n) is 7.51. The van der Waals surface area contributed by atoms with Gasteiger partial charge in [0.15, 0.2) is 11.6 Å². The minimum Gasteiger partial charge on any atom is -0.394 e. The number of rotatable bonds is 4. The lowest BCUT2D eigenvalue weighted by molar-refractivity contribution is -0.0857. The molecule has 0 radical (unpaired) electrons. The number of ketones is 1. The van der Waals surface area contributed by atoms with Gasteiger partial charge in [-0.1, -0.05) is 28.1 Å². The van der Waals surface area contributed by atoms with Crippen LogP contribution in [0.5, 0.6) is 0 Å². The van der Waals surface area contributed by atoms with Gasteiger partial charge in [0.1, 0.15) is 0 Å². The van der Waals surface area contributed by atoms with Crippen molar-refractivity contribution in [1.29, 1.82) is 0 Å². The van der Waals surface area contributed by atoms with Gasteiger partial charge in [-0.05, 0) is 18.6 Å². The number of hydrogen-bond acceptors (Lipinski definition) is 6. The van der Waals surface area contributed by atoms with E-state index in [-0.39, 0.29) is 18.6 Å². The Labute approximate surface area is 150 Å². The number of Topliss-reactive ketones (excluding diaryl/α,β-unsaturated/α-hetero) is 1. The van der Waals surface area contributed by atoms with Crippen LogP contribution in [0.4, 0.5) is 10.2 Å². The number of nitrogens with zero attached hydrogens (tertiary/aromatic N) is 2. The normalized spacial score (nSPS) is 22.9. The van der Waals surface area contributed by atoms with Crippen molar-refractivity contribution in [3.05, 3.63) is 56.8 Å². The van der Waals surface area contributed by atoms with Gasteiger partial charge in [-0.3, -0.25) is 9.36 Å². The lowest BCUT2D eigenvalue weighted by Crippen LogP contribution is -2.48. The molecule has 1 aromatic heterocycles. The fourth-order valence-corrected chi connectivity index (χ4v) is 3.13. The lowest BCUT2D eigenvalue weighted by atomic mass is 9.97. The van der Waals surface area contributed by atoms with Crippen molar-refractivity contribution in [1.82, 2.24) is 9.55 Å². The highest BCUT2D eigenvalue weighted by Gasteiger charge is 2.49. The minimum absolute atomic E-state index is 0.0953. The summed E-state index contributed by atoms with van der Waals surface area (Å²) < 4.78 is 21.2. The molecule has 7 nitrogen and oxygen atoms in total. The Morgan fingerprint density at radius 2 is 2.16 bits per heavy atom. The second-order valence-corrected chi connectivity index (χ2v) is 6.62. The number of carbonyl (C=O) groups is 1. The average Bonchev–Trinajstić information content (AvgIpc) is 3.03. The zero-order valence-electron chi connectivity index (χ0n) is 13.0. The number of halogens is 2. The van der Waals surface area contributed by atoms with Crippen LogP contribution in [0.3, 0.4) is 0 Å². The van der Waals surface area contributed by atoms with Crippen LogP contribution in [0.15, 0.2) is 39.7 Å². The van der Waals surface area contributed by atoms with Gasteiger partial charge in [0.05, 0.1) is 18.9 Å². The predicted octanol–water partition coefficient (Wildman–Crippen LogP) is 1.43. The maximum atomic E-state index is 13.9. The Morgan fingerprint density at radius 3 is 2.76 bits per heavy atom. The minimum atomic E-state index is -1.78. The smallest absolute Gasteiger partial charge is 0.352 e. The maximum Gasteiger partial charge on any atom is 0.352 e. The Kier molecular flexibility index (Phi) is 4.72. The zero-order valence-corrected chi connectivity index (χ0v) is 14.6. The summed E-state index contributed by atoms with van der Waals surface area (Å²) >= 11 is 3.28. The highest BCUT2D eigenvalue weighted by molar-refractivity contribution is 9.10. The standard InChI is InChI=1S/C16H15BrFN3O4/c17-10-3-1-9(2-4-10)13(23)16(6-5-11(8-22)25-16)21-7-12(18)14(19)20-15(21)24/h1-4,7,11,22H,5-6,8H2,(H2,19,20,24)/t11-,16-/m0/s1. The van der Waals surface area contributed by atoms with Crippen molar-refractivity contribution in [2.45, 2.75) is 24.7 Å². The summed E-state index contributed by atoms with van der Waals surface area (Å²) in [5.74, 6) is -2.01. The summed E-state index contributed by atoms with van der Waals surface area (Å²) in [7, 11) is 0. The quantitative estimate of drug-likeness (QED) is 0.736. The average molecular weight is 412 g/mol. The molecule has 0 aliphatic carbocycles. The summed E-state index contributed by atoms with van der Waals surface area (Å²) in [6.45, 7) is -0.324. The van der Waals surface area contributed by atoms with E-state index in [1.165, 1.54) is 0 Å². The number of ether oxygens (including phenoxy) is 1. The third-order valence-corrected chi connectivity index (χ3v) is 4.66. The monoisotopic (exact) mass is 411 g/mol. The first-order chi connectivity index (χ1) is 11.9. The van der Waals surface area contributed by atoms with Crippen LogP contribution in [-0.4, -0.2) is 33.2 Å². The molecule has 0 bridgehead atoms. The molecule has 0 amide bonds. The Hall–Kier alpha value is -2.10. The topological polar surface area (TPSA) is 107 Å². The van der Waals surface area contributed by atoms with E-state index >= 15 is 0 Å². The number of aromatic nitrogens is 2. The highest BCUT2D eigenvalue weighted by Crippen LogP contribution is 2.37. The third kappa shape index (κ3) is 3.10. The lowest BCUT2D eigenvalue weighted by Gasteiger charge is -2.29. The molecule has 3 rings (SSSR count). The number of benzene rings is 1. The van der Waals surface area contributed by atoms with Gasteiger partial charge >= 0.3 is 5.69 Å². The molecule has 25 heavy (non-hydrogen) atoms. The van der Waals surface area contributed by atoms with Gasteiger partial charge in [0, 0.05) is 16.5 Å². The third-order valence-electron chi connectivity index (χ3n) is 4.13. The summed E-state index contributed by atoms with van der Waals surface area (Å²) in [5, 5.41) is 9.36. The number of nitrogen functional groups attached to an aromatic ring is 1. The molecule has 0 spiro atoms. The fraction of sp³-hybridized carbons (Fsp3) is 0.312. The molecule has 1 saturated heterocycles. The van der Waals surface area contributed by atoms with Crippen molar-refractivity contribution in [3.63, 3.8) is 0 Å². The summed E-state index contributed by atoms with van der Waals surface area (Å²) in [6.07, 6.45) is 0.600. The van der Waals surface area contributed by atoms with Crippen LogP contribution in [-0.2, 0) is 10.5 Å². The SMILES string of the molecule is Nc1nc(=O)n([C@@]2(C(=O)c3ccc(Br)cc3)CC[C@@H](CO)O2)cc1F. The molecular formula is C16H15BrFN3O4. The van der Waals surface area contributed by atoms with E-state index in [1.807, 2.05) is 0 Å². The zero-order chi connectivity index (χ0) is 18.2. The van der Waals surface area contributed by atoms with Gasteiger partial charge < -0.3 is 15.6 Å². The van der Waals surface area contributed by atoms with Crippen LogP contribution < -0.4 is 11.4 Å². The number of anilines is 1.